The standard InChI is InChI=1S/C44H54N8O7/c1-23(2)36(49-43(55)57-5)41(53)51-15-7-8-35(51)39-45-19-33(47-39)25-10-13-31-28(16-25)21-59-22-29-17-26(11-14-32(29)31)34-20-46-40(48-34)38-27-9-12-30(18-27)52(38)42(54)37(24(3)4)50-44(56)58-6/h10-11,13-14,16-17,19-20,23-24,27,30,35-38H,7-9,12,15,18,21-22H2,1-6H3,(H,45,47)(H,46,48)(H,49,55)(H,50,56)/t27-,30+,35-,36?,37-,38-/m0/s1. The number of fused-ring (bicyclic) bond motifs is 5. The highest BCUT2D eigenvalue weighted by molar-refractivity contribution is 5.87. The van der Waals surface area contributed by atoms with Gasteiger partial charge in [-0.3, -0.25) is 9.59 Å². The fourth-order valence-electron chi connectivity index (χ4n) is 9.55. The molecule has 4 N–H and O–H groups in total. The Bertz CT molecular complexity index is 2230. The van der Waals surface area contributed by atoms with Gasteiger partial charge in [-0.15, -0.1) is 0 Å². The zero-order chi connectivity index (χ0) is 41.5. The van der Waals surface area contributed by atoms with Crippen LogP contribution in [0, 0.1) is 17.8 Å². The van der Waals surface area contributed by atoms with E-state index in [0.717, 1.165) is 82.7 Å². The number of carbonyl (C=O) groups is 4. The van der Waals surface area contributed by atoms with Gasteiger partial charge in [-0.2, -0.15) is 0 Å². The number of H-pyrrole nitrogens is 2. The van der Waals surface area contributed by atoms with E-state index in [2.05, 4.69) is 57.0 Å². The predicted octanol–water partition coefficient (Wildman–Crippen LogP) is 6.64. The number of methoxy groups -OCH3 is 2. The quantitative estimate of drug-likeness (QED) is 0.136. The average Bonchev–Trinajstić information content (AvgIpc) is 4.09. The number of piperidine rings is 1. The number of nitrogens with one attached hydrogen (secondary N) is 4. The van der Waals surface area contributed by atoms with Crippen LogP contribution in [0.1, 0.15) is 94.7 Å². The van der Waals surface area contributed by atoms with Gasteiger partial charge in [0, 0.05) is 12.6 Å². The van der Waals surface area contributed by atoms with Crippen molar-refractivity contribution in [3.63, 3.8) is 0 Å². The SMILES string of the molecule is COC(=O)NC(C(=O)N1CCC[C@H]1c1ncc(-c2ccc3c(c2)COCc2cc(-c4cnc([C@@H]5[C@H]6CC[C@H](C6)N5C(=O)[C@@H](NC(=O)OC)C(C)C)[nH]4)ccc2-3)[nH]1)C(C)C. The van der Waals surface area contributed by atoms with Gasteiger partial charge < -0.3 is 44.6 Å². The van der Waals surface area contributed by atoms with Crippen LogP contribution in [0.2, 0.25) is 0 Å². The first-order chi connectivity index (χ1) is 28.4. The number of likely N-dealkylation sites (tertiary alicyclic amines) is 2. The topological polar surface area (TPSA) is 184 Å². The lowest BCUT2D eigenvalue weighted by Gasteiger charge is -2.37. The number of carbonyl (C=O) groups excluding carboxylic acids is 4. The van der Waals surface area contributed by atoms with Crippen LogP contribution in [0.3, 0.4) is 0 Å². The summed E-state index contributed by atoms with van der Waals surface area (Å²) in [4.78, 5) is 72.2. The second kappa shape index (κ2) is 16.5. The molecule has 1 unspecified atom stereocenters. The van der Waals surface area contributed by atoms with Crippen molar-refractivity contribution >= 4 is 24.0 Å². The Morgan fingerprint density at radius 3 is 1.90 bits per heavy atom. The zero-order valence-corrected chi connectivity index (χ0v) is 34.5. The molecular weight excluding hydrogens is 753 g/mol. The summed E-state index contributed by atoms with van der Waals surface area (Å²) >= 11 is 0. The Morgan fingerprint density at radius 2 is 1.32 bits per heavy atom. The molecule has 2 bridgehead atoms. The summed E-state index contributed by atoms with van der Waals surface area (Å²) in [6, 6.07) is 11.0. The van der Waals surface area contributed by atoms with Crippen LogP contribution in [0.25, 0.3) is 33.6 Å². The fourth-order valence-corrected chi connectivity index (χ4v) is 9.55. The first-order valence-corrected chi connectivity index (χ1v) is 20.7. The van der Waals surface area contributed by atoms with Crippen LogP contribution >= 0.6 is 0 Å². The molecule has 2 saturated heterocycles. The number of benzene rings is 2. The van der Waals surface area contributed by atoms with E-state index >= 15 is 0 Å². The van der Waals surface area contributed by atoms with Crippen molar-refractivity contribution in [1.29, 1.82) is 0 Å². The van der Waals surface area contributed by atoms with Gasteiger partial charge in [-0.25, -0.2) is 19.6 Å². The third-order valence-corrected chi connectivity index (χ3v) is 12.6. The van der Waals surface area contributed by atoms with Gasteiger partial charge in [0.25, 0.3) is 0 Å². The second-order valence-corrected chi connectivity index (χ2v) is 16.9. The monoisotopic (exact) mass is 806 g/mol. The molecule has 6 atom stereocenters. The van der Waals surface area contributed by atoms with Crippen molar-refractivity contribution < 1.29 is 33.4 Å². The third kappa shape index (κ3) is 7.68. The number of aromatic nitrogens is 4. The van der Waals surface area contributed by atoms with Crippen LogP contribution in [-0.4, -0.2) is 92.6 Å². The van der Waals surface area contributed by atoms with Crippen molar-refractivity contribution in [1.82, 2.24) is 40.4 Å². The van der Waals surface area contributed by atoms with Crippen LogP contribution in [-0.2, 0) is 37.0 Å². The van der Waals surface area contributed by atoms with E-state index in [1.807, 2.05) is 49.9 Å². The predicted molar refractivity (Wildman–Crippen MR) is 218 cm³/mol. The number of rotatable bonds is 10. The molecule has 4 amide bonds. The van der Waals surface area contributed by atoms with Crippen molar-refractivity contribution in [3.8, 4) is 33.6 Å². The normalized spacial score (nSPS) is 21.8. The number of alkyl carbamates (subject to hydrolysis) is 2. The Morgan fingerprint density at radius 1 is 0.763 bits per heavy atom. The molecule has 2 aromatic carbocycles. The zero-order valence-electron chi connectivity index (χ0n) is 34.5. The van der Waals surface area contributed by atoms with E-state index in [1.54, 1.807) is 0 Å². The molecule has 5 heterocycles. The minimum Gasteiger partial charge on any atom is -0.453 e. The Kier molecular flexibility index (Phi) is 11.2. The minimum absolute atomic E-state index is 0.101. The Balaban J connectivity index is 0.998. The highest BCUT2D eigenvalue weighted by Gasteiger charge is 2.51. The third-order valence-electron chi connectivity index (χ3n) is 12.6. The summed E-state index contributed by atoms with van der Waals surface area (Å²) in [5, 5.41) is 5.47. The number of nitrogens with zero attached hydrogens (tertiary/aromatic N) is 4. The first-order valence-electron chi connectivity index (χ1n) is 20.7. The number of ether oxygens (including phenoxy) is 3. The smallest absolute Gasteiger partial charge is 0.407 e. The van der Waals surface area contributed by atoms with Crippen LogP contribution < -0.4 is 10.6 Å². The lowest BCUT2D eigenvalue weighted by molar-refractivity contribution is -0.139. The van der Waals surface area contributed by atoms with E-state index in [1.165, 1.54) is 14.2 Å². The van der Waals surface area contributed by atoms with Crippen molar-refractivity contribution in [2.24, 2.45) is 17.8 Å². The summed E-state index contributed by atoms with van der Waals surface area (Å²) in [5.41, 5.74) is 7.97. The highest BCUT2D eigenvalue weighted by atomic mass is 16.5. The summed E-state index contributed by atoms with van der Waals surface area (Å²) in [6.45, 7) is 9.12. The Labute approximate surface area is 344 Å². The molecule has 15 nitrogen and oxygen atoms in total. The van der Waals surface area contributed by atoms with Gasteiger partial charge in [-0.1, -0.05) is 52.0 Å². The average molecular weight is 807 g/mol. The number of hydrogen-bond acceptors (Lipinski definition) is 9. The fraction of sp³-hybridized carbons (Fsp3) is 0.500. The van der Waals surface area contributed by atoms with E-state index in [4.69, 9.17) is 24.2 Å². The van der Waals surface area contributed by atoms with Crippen molar-refractivity contribution in [3.05, 3.63) is 71.6 Å². The number of amides is 4. The molecule has 312 valence electrons. The molecule has 2 aromatic heterocycles. The molecular formula is C44H54N8O7. The van der Waals surface area contributed by atoms with Gasteiger partial charge in [0.15, 0.2) is 0 Å². The first kappa shape index (κ1) is 40.1. The molecule has 3 fully saturated rings. The van der Waals surface area contributed by atoms with E-state index in [-0.39, 0.29) is 41.8 Å². The van der Waals surface area contributed by atoms with Gasteiger partial charge in [0.1, 0.15) is 23.7 Å². The largest absolute Gasteiger partial charge is 0.453 e. The molecule has 15 heteroatoms. The van der Waals surface area contributed by atoms with Gasteiger partial charge in [0.2, 0.25) is 11.8 Å². The molecule has 1 saturated carbocycles. The number of hydrogen-bond donors (Lipinski definition) is 4. The van der Waals surface area contributed by atoms with E-state index in [0.29, 0.717) is 31.5 Å². The summed E-state index contributed by atoms with van der Waals surface area (Å²) in [7, 11) is 2.60. The van der Waals surface area contributed by atoms with Crippen LogP contribution in [0.15, 0.2) is 48.8 Å². The maximum Gasteiger partial charge on any atom is 0.407 e. The lowest BCUT2D eigenvalue weighted by atomic mass is 9.93. The maximum absolute atomic E-state index is 14.0. The Hall–Kier alpha value is -5.70. The molecule has 3 aliphatic heterocycles. The number of aromatic amines is 2. The lowest BCUT2D eigenvalue weighted by Crippen LogP contribution is -2.54. The summed E-state index contributed by atoms with van der Waals surface area (Å²) in [6.07, 6.45) is 6.92. The van der Waals surface area contributed by atoms with Crippen LogP contribution in [0.5, 0.6) is 0 Å². The van der Waals surface area contributed by atoms with Crippen molar-refractivity contribution in [2.75, 3.05) is 20.8 Å². The molecule has 1 aliphatic carbocycles. The summed E-state index contributed by atoms with van der Waals surface area (Å²) < 4.78 is 15.9. The molecule has 4 aliphatic rings. The molecule has 0 spiro atoms. The minimum atomic E-state index is -0.699. The van der Waals surface area contributed by atoms with E-state index in [9.17, 15) is 19.2 Å². The van der Waals surface area contributed by atoms with E-state index < -0.39 is 24.3 Å². The van der Waals surface area contributed by atoms with Crippen molar-refractivity contribution in [2.45, 2.75) is 103 Å². The molecule has 59 heavy (non-hydrogen) atoms. The van der Waals surface area contributed by atoms with Crippen LogP contribution in [0.4, 0.5) is 9.59 Å². The second-order valence-electron chi connectivity index (χ2n) is 16.9. The molecule has 0 radical (unpaired) electrons. The number of imidazole rings is 2. The van der Waals surface area contributed by atoms with Gasteiger partial charge >= 0.3 is 12.2 Å². The molecule has 8 rings (SSSR count). The maximum atomic E-state index is 14.0. The van der Waals surface area contributed by atoms with Gasteiger partial charge in [-0.05, 0) is 95.4 Å². The van der Waals surface area contributed by atoms with Gasteiger partial charge in [0.05, 0.1) is 63.3 Å². The summed E-state index contributed by atoms with van der Waals surface area (Å²) in [5.74, 6) is 1.30. The molecule has 4 aromatic rings. The highest BCUT2D eigenvalue weighted by Crippen LogP contribution is 2.50.